The molecule has 1 fully saturated rings. The molecule has 1 heterocycles. The molecule has 1 aliphatic heterocycles. The zero-order chi connectivity index (χ0) is 20.0. The first-order chi connectivity index (χ1) is 13.5. The summed E-state index contributed by atoms with van der Waals surface area (Å²) in [5.41, 5.74) is 1.82. The Morgan fingerprint density at radius 2 is 1.89 bits per heavy atom. The summed E-state index contributed by atoms with van der Waals surface area (Å²) in [7, 11) is -1.93. The number of rotatable bonds is 8. The Morgan fingerprint density at radius 3 is 2.57 bits per heavy atom. The third-order valence-corrected chi connectivity index (χ3v) is 6.16. The summed E-state index contributed by atoms with van der Waals surface area (Å²) in [6.45, 7) is 2.23. The second-order valence-electron chi connectivity index (χ2n) is 6.78. The van der Waals surface area contributed by atoms with Gasteiger partial charge in [0, 0.05) is 23.0 Å². The minimum absolute atomic E-state index is 0.0312. The normalized spacial score (nSPS) is 16.5. The van der Waals surface area contributed by atoms with E-state index in [1.165, 1.54) is 5.41 Å². The predicted molar refractivity (Wildman–Crippen MR) is 114 cm³/mol. The number of hydrogen-bond acceptors (Lipinski definition) is 4. The van der Waals surface area contributed by atoms with Crippen LogP contribution in [0.3, 0.4) is 0 Å². The van der Waals surface area contributed by atoms with Crippen LogP contribution in [0.4, 0.5) is 0 Å². The maximum absolute atomic E-state index is 12.5. The molecule has 1 atom stereocenters. The highest BCUT2D eigenvalue weighted by atomic mass is 35.5. The fourth-order valence-corrected chi connectivity index (χ4v) is 4.29. The number of nitrogens with one attached hydrogen (secondary N) is 1. The molecular weight excluding hydrogens is 396 g/mol. The minimum Gasteiger partial charge on any atom is -0.497 e. The molecule has 0 saturated carbocycles. The van der Waals surface area contributed by atoms with Gasteiger partial charge in [-0.15, -0.1) is 0 Å². The topological polar surface area (TPSA) is 58.6 Å². The quantitative estimate of drug-likeness (QED) is 0.699. The van der Waals surface area contributed by atoms with Crippen LogP contribution in [0.1, 0.15) is 30.0 Å². The second kappa shape index (κ2) is 9.56. The molecule has 28 heavy (non-hydrogen) atoms. The fraction of sp³-hybridized carbons (Fsp3) is 0.333. The summed E-state index contributed by atoms with van der Waals surface area (Å²) in [4.78, 5) is 2.32. The zero-order valence-corrected chi connectivity index (χ0v) is 17.4. The van der Waals surface area contributed by atoms with E-state index < -0.39 is 10.0 Å². The lowest BCUT2D eigenvalue weighted by Gasteiger charge is -2.28. The minimum atomic E-state index is -3.56. The highest BCUT2D eigenvalue weighted by molar-refractivity contribution is 7.92. The first-order valence-corrected chi connectivity index (χ1v) is 11.2. The highest BCUT2D eigenvalue weighted by Gasteiger charge is 2.25. The third-order valence-electron chi connectivity index (χ3n) is 4.85. The van der Waals surface area contributed by atoms with Crippen LogP contribution in [0, 0.1) is 0 Å². The van der Waals surface area contributed by atoms with Crippen molar-refractivity contribution in [2.45, 2.75) is 18.9 Å². The number of nitrogens with zero attached hydrogens (tertiary/aromatic N) is 1. The van der Waals surface area contributed by atoms with Gasteiger partial charge in [-0.05, 0) is 67.4 Å². The van der Waals surface area contributed by atoms with Crippen molar-refractivity contribution < 1.29 is 13.2 Å². The van der Waals surface area contributed by atoms with E-state index in [2.05, 4.69) is 9.62 Å². The SMILES string of the molecule is COc1cccc(C(CNS(=O)(=O)/C=C/c2ccc(Cl)cc2)N2CCCC2)c1. The van der Waals surface area contributed by atoms with Crippen molar-refractivity contribution in [2.24, 2.45) is 0 Å². The lowest BCUT2D eigenvalue weighted by Crippen LogP contribution is -2.36. The molecule has 2 aromatic carbocycles. The number of ether oxygens (including phenoxy) is 1. The van der Waals surface area contributed by atoms with Crippen molar-refractivity contribution >= 4 is 27.7 Å². The summed E-state index contributed by atoms with van der Waals surface area (Å²) in [5, 5.41) is 1.81. The van der Waals surface area contributed by atoms with Gasteiger partial charge < -0.3 is 4.74 Å². The second-order valence-corrected chi connectivity index (χ2v) is 8.87. The first-order valence-electron chi connectivity index (χ1n) is 9.28. The molecule has 0 bridgehead atoms. The average Bonchev–Trinajstić information content (AvgIpc) is 3.22. The smallest absolute Gasteiger partial charge is 0.233 e. The number of benzene rings is 2. The van der Waals surface area contributed by atoms with E-state index in [1.807, 2.05) is 24.3 Å². The maximum Gasteiger partial charge on any atom is 0.233 e. The molecule has 0 radical (unpaired) electrons. The monoisotopic (exact) mass is 420 g/mol. The number of sulfonamides is 1. The van der Waals surface area contributed by atoms with Crippen molar-refractivity contribution in [3.05, 3.63) is 70.1 Å². The molecule has 150 valence electrons. The van der Waals surface area contributed by atoms with Gasteiger partial charge in [-0.3, -0.25) is 4.90 Å². The summed E-state index contributed by atoms with van der Waals surface area (Å²) < 4.78 is 33.0. The fourth-order valence-electron chi connectivity index (χ4n) is 3.35. The Hall–Kier alpha value is -1.86. The van der Waals surface area contributed by atoms with E-state index in [0.717, 1.165) is 42.8 Å². The molecule has 1 aliphatic rings. The standard InChI is InChI=1S/C21H25ClN2O3S/c1-27-20-6-4-5-18(15-20)21(24-12-2-3-13-24)16-23-28(25,26)14-11-17-7-9-19(22)10-8-17/h4-11,14-15,21,23H,2-3,12-13,16H2,1H3/b14-11+. The van der Waals surface area contributed by atoms with Crippen molar-refractivity contribution in [2.75, 3.05) is 26.7 Å². The summed E-state index contributed by atoms with van der Waals surface area (Å²) >= 11 is 5.86. The number of halogens is 1. The van der Waals surface area contributed by atoms with Crippen LogP contribution in [0.2, 0.25) is 5.02 Å². The van der Waals surface area contributed by atoms with E-state index in [0.29, 0.717) is 11.6 Å². The Labute approximate surface area is 172 Å². The molecule has 1 saturated heterocycles. The lowest BCUT2D eigenvalue weighted by atomic mass is 10.1. The molecular formula is C21H25ClN2O3S. The van der Waals surface area contributed by atoms with Gasteiger partial charge in [0.05, 0.1) is 7.11 Å². The van der Waals surface area contributed by atoms with Crippen molar-refractivity contribution in [3.63, 3.8) is 0 Å². The van der Waals surface area contributed by atoms with Gasteiger partial charge in [-0.2, -0.15) is 0 Å². The molecule has 1 unspecified atom stereocenters. The largest absolute Gasteiger partial charge is 0.497 e. The van der Waals surface area contributed by atoms with Gasteiger partial charge in [-0.1, -0.05) is 35.9 Å². The van der Waals surface area contributed by atoms with Crippen LogP contribution in [0.15, 0.2) is 53.9 Å². The van der Waals surface area contributed by atoms with Crippen molar-refractivity contribution in [1.82, 2.24) is 9.62 Å². The number of methoxy groups -OCH3 is 1. The van der Waals surface area contributed by atoms with Gasteiger partial charge in [0.1, 0.15) is 5.75 Å². The van der Waals surface area contributed by atoms with E-state index in [1.54, 1.807) is 37.5 Å². The lowest BCUT2D eigenvalue weighted by molar-refractivity contribution is 0.246. The molecule has 5 nitrogen and oxygen atoms in total. The Kier molecular flexibility index (Phi) is 7.13. The molecule has 0 aliphatic carbocycles. The zero-order valence-electron chi connectivity index (χ0n) is 15.8. The molecule has 7 heteroatoms. The molecule has 0 spiro atoms. The van der Waals surface area contributed by atoms with Crippen LogP contribution in [-0.2, 0) is 10.0 Å². The van der Waals surface area contributed by atoms with Crippen LogP contribution in [0.5, 0.6) is 5.75 Å². The predicted octanol–water partition coefficient (Wildman–Crippen LogP) is 4.08. The van der Waals surface area contributed by atoms with Gasteiger partial charge in [0.2, 0.25) is 10.0 Å². The maximum atomic E-state index is 12.5. The average molecular weight is 421 g/mol. The van der Waals surface area contributed by atoms with E-state index in [-0.39, 0.29) is 6.04 Å². The van der Waals surface area contributed by atoms with Gasteiger partial charge >= 0.3 is 0 Å². The molecule has 2 aromatic rings. The van der Waals surface area contributed by atoms with E-state index >= 15 is 0 Å². The van der Waals surface area contributed by atoms with Gasteiger partial charge in [0.15, 0.2) is 0 Å². The Balaban J connectivity index is 1.72. The van der Waals surface area contributed by atoms with Gasteiger partial charge in [0.25, 0.3) is 0 Å². The molecule has 0 aromatic heterocycles. The molecule has 3 rings (SSSR count). The third kappa shape index (κ3) is 5.82. The van der Waals surface area contributed by atoms with Crippen LogP contribution >= 0.6 is 11.6 Å². The Morgan fingerprint density at radius 1 is 1.18 bits per heavy atom. The highest BCUT2D eigenvalue weighted by Crippen LogP contribution is 2.27. The van der Waals surface area contributed by atoms with Crippen LogP contribution < -0.4 is 9.46 Å². The van der Waals surface area contributed by atoms with Crippen LogP contribution in [-0.4, -0.2) is 40.1 Å². The summed E-state index contributed by atoms with van der Waals surface area (Å²) in [5.74, 6) is 0.771. The summed E-state index contributed by atoms with van der Waals surface area (Å²) in [6, 6.07) is 14.8. The number of likely N-dealkylation sites (tertiary alicyclic amines) is 1. The Bertz CT molecular complexity index is 908. The van der Waals surface area contributed by atoms with E-state index in [9.17, 15) is 8.42 Å². The molecule has 0 amide bonds. The molecule has 1 N–H and O–H groups in total. The van der Waals surface area contributed by atoms with Crippen molar-refractivity contribution in [3.8, 4) is 5.75 Å². The number of hydrogen-bond donors (Lipinski definition) is 1. The first kappa shape index (κ1) is 20.9. The van der Waals surface area contributed by atoms with E-state index in [4.69, 9.17) is 16.3 Å². The van der Waals surface area contributed by atoms with Crippen LogP contribution in [0.25, 0.3) is 6.08 Å². The van der Waals surface area contributed by atoms with Gasteiger partial charge in [-0.25, -0.2) is 13.1 Å². The van der Waals surface area contributed by atoms with Crippen molar-refractivity contribution in [1.29, 1.82) is 0 Å². The summed E-state index contributed by atoms with van der Waals surface area (Å²) in [6.07, 6.45) is 3.82.